The molecule has 1 fully saturated rings. The Kier molecular flexibility index (Phi) is 8.49. The SMILES string of the molecule is COc1cc(/C=C2\SC(=S)N(CCC(=O)NNC(=O)c3cccc4ccccc34)C2=O)cc(OC)c1OC. The lowest BCUT2D eigenvalue weighted by Gasteiger charge is -2.15. The van der Waals surface area contributed by atoms with E-state index in [0.717, 1.165) is 22.5 Å². The molecule has 0 atom stereocenters. The molecule has 1 aliphatic rings. The Morgan fingerprint density at radius 1 is 0.974 bits per heavy atom. The highest BCUT2D eigenvalue weighted by molar-refractivity contribution is 8.26. The maximum Gasteiger partial charge on any atom is 0.270 e. The second-order valence-electron chi connectivity index (χ2n) is 8.07. The van der Waals surface area contributed by atoms with E-state index in [9.17, 15) is 14.4 Å². The van der Waals surface area contributed by atoms with Crippen molar-refractivity contribution in [2.75, 3.05) is 27.9 Å². The molecule has 196 valence electrons. The van der Waals surface area contributed by atoms with Gasteiger partial charge in [0.05, 0.1) is 26.2 Å². The minimum absolute atomic E-state index is 0.0558. The van der Waals surface area contributed by atoms with E-state index in [0.29, 0.717) is 37.6 Å². The number of carbonyl (C=O) groups excluding carboxylic acids is 3. The van der Waals surface area contributed by atoms with Crippen LogP contribution in [-0.2, 0) is 9.59 Å². The standard InChI is InChI=1S/C27H25N3O6S2/c1-34-20-13-16(14-21(35-2)24(20)36-3)15-22-26(33)30(27(37)38-22)12-11-23(31)28-29-25(32)19-10-6-8-17-7-4-5-9-18(17)19/h4-10,13-15H,11-12H2,1-3H3,(H,28,31)(H,29,32)/b22-15-. The minimum Gasteiger partial charge on any atom is -0.493 e. The van der Waals surface area contributed by atoms with Gasteiger partial charge in [-0.2, -0.15) is 0 Å². The highest BCUT2D eigenvalue weighted by atomic mass is 32.2. The van der Waals surface area contributed by atoms with Crippen LogP contribution in [0.2, 0.25) is 0 Å². The Bertz CT molecular complexity index is 1430. The average molecular weight is 552 g/mol. The van der Waals surface area contributed by atoms with Crippen LogP contribution in [0, 0.1) is 0 Å². The molecule has 0 spiro atoms. The number of thiocarbonyl (C=S) groups is 1. The molecule has 2 N–H and O–H groups in total. The van der Waals surface area contributed by atoms with Gasteiger partial charge in [-0.05, 0) is 40.6 Å². The molecule has 0 saturated carbocycles. The normalized spacial score (nSPS) is 14.1. The molecule has 3 aromatic rings. The van der Waals surface area contributed by atoms with Gasteiger partial charge in [0.15, 0.2) is 11.5 Å². The van der Waals surface area contributed by atoms with Crippen molar-refractivity contribution in [2.24, 2.45) is 0 Å². The van der Waals surface area contributed by atoms with Gasteiger partial charge < -0.3 is 14.2 Å². The number of ether oxygens (including phenoxy) is 3. The summed E-state index contributed by atoms with van der Waals surface area (Å²) in [6.07, 6.45) is 1.62. The fourth-order valence-electron chi connectivity index (χ4n) is 3.92. The number of hydrazine groups is 1. The van der Waals surface area contributed by atoms with E-state index in [1.54, 1.807) is 30.3 Å². The molecule has 0 aliphatic carbocycles. The molecule has 9 nitrogen and oxygen atoms in total. The monoisotopic (exact) mass is 551 g/mol. The summed E-state index contributed by atoms with van der Waals surface area (Å²) in [6, 6.07) is 16.3. The number of hydrogen-bond acceptors (Lipinski definition) is 8. The molecule has 3 aromatic carbocycles. The van der Waals surface area contributed by atoms with E-state index >= 15 is 0 Å². The third kappa shape index (κ3) is 5.74. The molecular formula is C27H25N3O6S2. The van der Waals surface area contributed by atoms with Crippen LogP contribution >= 0.6 is 24.0 Å². The van der Waals surface area contributed by atoms with Gasteiger partial charge in [-0.15, -0.1) is 0 Å². The van der Waals surface area contributed by atoms with Crippen LogP contribution in [0.1, 0.15) is 22.3 Å². The van der Waals surface area contributed by atoms with Crippen molar-refractivity contribution >= 4 is 62.9 Å². The Morgan fingerprint density at radius 3 is 2.34 bits per heavy atom. The highest BCUT2D eigenvalue weighted by Crippen LogP contribution is 2.40. The summed E-state index contributed by atoms with van der Waals surface area (Å²) in [6.45, 7) is 0.0627. The molecule has 1 heterocycles. The van der Waals surface area contributed by atoms with Crippen LogP contribution in [-0.4, -0.2) is 54.8 Å². The van der Waals surface area contributed by atoms with Crippen molar-refractivity contribution in [1.29, 1.82) is 0 Å². The molecule has 0 radical (unpaired) electrons. The molecule has 38 heavy (non-hydrogen) atoms. The van der Waals surface area contributed by atoms with Gasteiger partial charge in [-0.1, -0.05) is 60.4 Å². The summed E-state index contributed by atoms with van der Waals surface area (Å²) in [4.78, 5) is 39.8. The zero-order valence-electron chi connectivity index (χ0n) is 20.9. The number of rotatable bonds is 8. The zero-order chi connectivity index (χ0) is 27.2. The number of thioether (sulfide) groups is 1. The number of nitrogens with one attached hydrogen (secondary N) is 2. The van der Waals surface area contributed by atoms with E-state index in [4.69, 9.17) is 26.4 Å². The third-order valence-electron chi connectivity index (χ3n) is 5.77. The van der Waals surface area contributed by atoms with Gasteiger partial charge in [-0.25, -0.2) is 0 Å². The first-order chi connectivity index (χ1) is 18.4. The van der Waals surface area contributed by atoms with Crippen molar-refractivity contribution in [3.63, 3.8) is 0 Å². The fourth-order valence-corrected chi connectivity index (χ4v) is 5.23. The molecule has 1 aliphatic heterocycles. The molecule has 3 amide bonds. The molecule has 11 heteroatoms. The molecular weight excluding hydrogens is 526 g/mol. The number of nitrogens with zero attached hydrogens (tertiary/aromatic N) is 1. The van der Waals surface area contributed by atoms with Crippen LogP contribution in [0.3, 0.4) is 0 Å². The van der Waals surface area contributed by atoms with E-state index in [1.165, 1.54) is 26.2 Å². The zero-order valence-corrected chi connectivity index (χ0v) is 22.5. The molecule has 0 bridgehead atoms. The number of benzene rings is 3. The first-order valence-corrected chi connectivity index (χ1v) is 12.7. The molecule has 0 aromatic heterocycles. The number of carbonyl (C=O) groups is 3. The average Bonchev–Trinajstić information content (AvgIpc) is 3.20. The van der Waals surface area contributed by atoms with Crippen LogP contribution in [0.4, 0.5) is 0 Å². The summed E-state index contributed by atoms with van der Waals surface area (Å²) < 4.78 is 16.4. The number of amides is 3. The summed E-state index contributed by atoms with van der Waals surface area (Å²) in [5.41, 5.74) is 5.94. The van der Waals surface area contributed by atoms with Crippen molar-refractivity contribution in [2.45, 2.75) is 6.42 Å². The van der Waals surface area contributed by atoms with E-state index in [-0.39, 0.29) is 18.9 Å². The second-order valence-corrected chi connectivity index (χ2v) is 9.75. The fraction of sp³-hybridized carbons (Fsp3) is 0.185. The summed E-state index contributed by atoms with van der Waals surface area (Å²) in [7, 11) is 4.53. The van der Waals surface area contributed by atoms with Gasteiger partial charge in [0, 0.05) is 18.5 Å². The molecule has 0 unspecified atom stereocenters. The van der Waals surface area contributed by atoms with Gasteiger partial charge >= 0.3 is 0 Å². The largest absolute Gasteiger partial charge is 0.493 e. The maximum atomic E-state index is 13.0. The van der Waals surface area contributed by atoms with Gasteiger partial charge in [0.25, 0.3) is 11.8 Å². The molecule has 4 rings (SSSR count). The van der Waals surface area contributed by atoms with Crippen molar-refractivity contribution in [3.8, 4) is 17.2 Å². The van der Waals surface area contributed by atoms with Crippen molar-refractivity contribution in [1.82, 2.24) is 15.8 Å². The predicted molar refractivity (Wildman–Crippen MR) is 150 cm³/mol. The summed E-state index contributed by atoms with van der Waals surface area (Å²) in [5, 5.41) is 1.69. The quantitative estimate of drug-likeness (QED) is 0.247. The molecule has 1 saturated heterocycles. The minimum atomic E-state index is -0.457. The van der Waals surface area contributed by atoms with Gasteiger partial charge in [0.1, 0.15) is 4.32 Å². The Labute approximate surface area is 229 Å². The van der Waals surface area contributed by atoms with Crippen LogP contribution in [0.5, 0.6) is 17.2 Å². The van der Waals surface area contributed by atoms with Crippen molar-refractivity contribution in [3.05, 3.63) is 70.6 Å². The van der Waals surface area contributed by atoms with Gasteiger partial charge in [0.2, 0.25) is 11.7 Å². The maximum absolute atomic E-state index is 13.0. The number of hydrogen-bond donors (Lipinski definition) is 2. The number of methoxy groups -OCH3 is 3. The lowest BCUT2D eigenvalue weighted by molar-refractivity contribution is -0.124. The van der Waals surface area contributed by atoms with Crippen LogP contribution in [0.25, 0.3) is 16.8 Å². The van der Waals surface area contributed by atoms with Crippen LogP contribution in [0.15, 0.2) is 59.5 Å². The third-order valence-corrected chi connectivity index (χ3v) is 7.15. The first kappa shape index (κ1) is 27.0. The van der Waals surface area contributed by atoms with Crippen LogP contribution < -0.4 is 25.1 Å². The van der Waals surface area contributed by atoms with E-state index < -0.39 is 11.8 Å². The summed E-state index contributed by atoms with van der Waals surface area (Å²) >= 11 is 6.51. The Hall–Kier alpha value is -4.09. The summed E-state index contributed by atoms with van der Waals surface area (Å²) in [5.74, 6) is 0.140. The topological polar surface area (TPSA) is 106 Å². The highest BCUT2D eigenvalue weighted by Gasteiger charge is 2.32. The lowest BCUT2D eigenvalue weighted by atomic mass is 10.0. The Morgan fingerprint density at radius 2 is 1.66 bits per heavy atom. The van der Waals surface area contributed by atoms with Crippen molar-refractivity contribution < 1.29 is 28.6 Å². The first-order valence-electron chi connectivity index (χ1n) is 11.5. The predicted octanol–water partition coefficient (Wildman–Crippen LogP) is 3.92. The van der Waals surface area contributed by atoms with E-state index in [1.807, 2.05) is 30.3 Å². The second kappa shape index (κ2) is 12.0. The van der Waals surface area contributed by atoms with E-state index in [2.05, 4.69) is 10.9 Å². The number of fused-ring (bicyclic) bond motifs is 1. The smallest absolute Gasteiger partial charge is 0.270 e. The Balaban J connectivity index is 1.37. The van der Waals surface area contributed by atoms with Gasteiger partial charge in [-0.3, -0.25) is 30.1 Å². The lowest BCUT2D eigenvalue weighted by Crippen LogP contribution is -2.43.